The van der Waals surface area contributed by atoms with E-state index in [2.05, 4.69) is 4.98 Å². The number of hydrogen-bond acceptors (Lipinski definition) is 5. The minimum absolute atomic E-state index is 0. The van der Waals surface area contributed by atoms with Crippen LogP contribution in [0.5, 0.6) is 0 Å². The van der Waals surface area contributed by atoms with Gasteiger partial charge in [0.2, 0.25) is 0 Å². The van der Waals surface area contributed by atoms with Crippen molar-refractivity contribution in [3.8, 4) is 0 Å². The SMILES string of the molecule is COCCC(COC)c1cc(C)nc(Cl)c1N.N. The smallest absolute Gasteiger partial charge is 0.152 e. The van der Waals surface area contributed by atoms with Crippen LogP contribution in [0.3, 0.4) is 0 Å². The Bertz CT molecular complexity index is 375. The van der Waals surface area contributed by atoms with Crippen LogP contribution in [0.2, 0.25) is 5.15 Å². The van der Waals surface area contributed by atoms with E-state index in [1.54, 1.807) is 14.2 Å². The number of methoxy groups -OCH3 is 2. The Labute approximate surface area is 113 Å². The highest BCUT2D eigenvalue weighted by molar-refractivity contribution is 6.32. The lowest BCUT2D eigenvalue weighted by Gasteiger charge is -2.19. The average molecular weight is 276 g/mol. The summed E-state index contributed by atoms with van der Waals surface area (Å²) < 4.78 is 10.3. The minimum Gasteiger partial charge on any atom is -0.396 e. The highest BCUT2D eigenvalue weighted by atomic mass is 35.5. The number of aryl methyl sites for hydroxylation is 1. The second-order valence-corrected chi connectivity index (χ2v) is 4.35. The highest BCUT2D eigenvalue weighted by Gasteiger charge is 2.17. The van der Waals surface area contributed by atoms with Gasteiger partial charge in [0, 0.05) is 32.4 Å². The molecular weight excluding hydrogens is 254 g/mol. The zero-order chi connectivity index (χ0) is 12.8. The molecule has 0 bridgehead atoms. The van der Waals surface area contributed by atoms with E-state index in [-0.39, 0.29) is 12.1 Å². The van der Waals surface area contributed by atoms with E-state index in [0.717, 1.165) is 17.7 Å². The topological polar surface area (TPSA) is 92.4 Å². The van der Waals surface area contributed by atoms with E-state index in [9.17, 15) is 0 Å². The molecule has 18 heavy (non-hydrogen) atoms. The summed E-state index contributed by atoms with van der Waals surface area (Å²) in [5.41, 5.74) is 8.35. The van der Waals surface area contributed by atoms with Crippen molar-refractivity contribution >= 4 is 17.3 Å². The molecule has 0 aromatic carbocycles. The molecule has 5 N–H and O–H groups in total. The van der Waals surface area contributed by atoms with Crippen LogP contribution < -0.4 is 11.9 Å². The molecule has 1 rings (SSSR count). The van der Waals surface area contributed by atoms with Gasteiger partial charge in [-0.15, -0.1) is 0 Å². The van der Waals surface area contributed by atoms with Crippen molar-refractivity contribution in [2.24, 2.45) is 0 Å². The standard InChI is InChI=1S/C12H19ClN2O2.H3N/c1-8-6-10(11(14)12(13)15-8)9(7-17-3)4-5-16-2;/h6,9H,4-5,7,14H2,1-3H3;1H3. The maximum Gasteiger partial charge on any atom is 0.152 e. The maximum absolute atomic E-state index is 5.99. The lowest BCUT2D eigenvalue weighted by atomic mass is 9.95. The van der Waals surface area contributed by atoms with Crippen LogP contribution in [0.1, 0.15) is 23.6 Å². The van der Waals surface area contributed by atoms with Crippen molar-refractivity contribution in [1.82, 2.24) is 11.1 Å². The summed E-state index contributed by atoms with van der Waals surface area (Å²) in [6.07, 6.45) is 0.842. The van der Waals surface area contributed by atoms with Crippen LogP contribution in [0, 0.1) is 6.92 Å². The van der Waals surface area contributed by atoms with Gasteiger partial charge in [-0.25, -0.2) is 4.98 Å². The molecule has 104 valence electrons. The first kappa shape index (κ1) is 17.1. The predicted octanol–water partition coefficient (Wildman–Crippen LogP) is 2.55. The molecule has 5 nitrogen and oxygen atoms in total. The van der Waals surface area contributed by atoms with Crippen molar-refractivity contribution < 1.29 is 9.47 Å². The molecule has 1 heterocycles. The van der Waals surface area contributed by atoms with Gasteiger partial charge in [-0.05, 0) is 25.0 Å². The Morgan fingerprint density at radius 3 is 2.61 bits per heavy atom. The number of nitrogens with zero attached hydrogens (tertiary/aromatic N) is 1. The second kappa shape index (κ2) is 8.26. The van der Waals surface area contributed by atoms with E-state index < -0.39 is 0 Å². The fourth-order valence-electron chi connectivity index (χ4n) is 1.80. The number of hydrogen-bond donors (Lipinski definition) is 2. The molecule has 1 atom stereocenters. The van der Waals surface area contributed by atoms with Gasteiger partial charge in [-0.3, -0.25) is 0 Å². The Hall–Kier alpha value is -0.880. The fraction of sp³-hybridized carbons (Fsp3) is 0.583. The molecule has 0 aliphatic heterocycles. The first-order valence-electron chi connectivity index (χ1n) is 5.50. The third kappa shape index (κ3) is 4.42. The van der Waals surface area contributed by atoms with Crippen LogP contribution >= 0.6 is 11.6 Å². The van der Waals surface area contributed by atoms with Gasteiger partial charge in [-0.2, -0.15) is 0 Å². The minimum atomic E-state index is 0. The number of nitrogen functional groups attached to an aromatic ring is 1. The van der Waals surface area contributed by atoms with Crippen molar-refractivity contribution in [1.29, 1.82) is 0 Å². The van der Waals surface area contributed by atoms with Crippen LogP contribution in [-0.2, 0) is 9.47 Å². The van der Waals surface area contributed by atoms with Crippen molar-refractivity contribution in [2.75, 3.05) is 33.2 Å². The number of aromatic nitrogens is 1. The molecule has 0 amide bonds. The van der Waals surface area contributed by atoms with Gasteiger partial charge >= 0.3 is 0 Å². The van der Waals surface area contributed by atoms with Crippen molar-refractivity contribution in [3.05, 3.63) is 22.5 Å². The van der Waals surface area contributed by atoms with Crippen LogP contribution in [0.4, 0.5) is 5.69 Å². The zero-order valence-electron chi connectivity index (χ0n) is 11.2. The number of pyridine rings is 1. The lowest BCUT2D eigenvalue weighted by molar-refractivity contribution is 0.144. The molecule has 1 unspecified atom stereocenters. The van der Waals surface area contributed by atoms with Crippen molar-refractivity contribution in [3.63, 3.8) is 0 Å². The monoisotopic (exact) mass is 275 g/mol. The number of nitrogens with two attached hydrogens (primary N) is 1. The van der Waals surface area contributed by atoms with Gasteiger partial charge < -0.3 is 21.4 Å². The summed E-state index contributed by atoms with van der Waals surface area (Å²) in [4.78, 5) is 4.12. The van der Waals surface area contributed by atoms with Crippen LogP contribution in [0.25, 0.3) is 0 Å². The quantitative estimate of drug-likeness (QED) is 0.778. The fourth-order valence-corrected chi connectivity index (χ4v) is 2.04. The molecule has 0 aliphatic carbocycles. The number of anilines is 1. The summed E-state index contributed by atoms with van der Waals surface area (Å²) in [7, 11) is 3.35. The van der Waals surface area contributed by atoms with E-state index >= 15 is 0 Å². The first-order chi connectivity index (χ1) is 8.10. The molecule has 0 fully saturated rings. The summed E-state index contributed by atoms with van der Waals surface area (Å²) in [5, 5.41) is 0.360. The van der Waals surface area contributed by atoms with Crippen molar-refractivity contribution in [2.45, 2.75) is 19.3 Å². The Morgan fingerprint density at radius 1 is 1.39 bits per heavy atom. The molecule has 0 aliphatic rings. The number of ether oxygens (including phenoxy) is 2. The summed E-state index contributed by atoms with van der Waals surface area (Å²) in [5.74, 6) is 0.180. The predicted molar refractivity (Wildman–Crippen MR) is 74.5 cm³/mol. The number of halogens is 1. The molecular formula is C12H22ClN3O2. The van der Waals surface area contributed by atoms with E-state index in [1.807, 2.05) is 13.0 Å². The van der Waals surface area contributed by atoms with Crippen LogP contribution in [-0.4, -0.2) is 32.4 Å². The van der Waals surface area contributed by atoms with Gasteiger partial charge in [0.15, 0.2) is 5.15 Å². The average Bonchev–Trinajstić information content (AvgIpc) is 2.29. The summed E-state index contributed by atoms with van der Waals surface area (Å²) in [6.45, 7) is 3.15. The third-order valence-corrected chi connectivity index (χ3v) is 2.94. The molecule has 0 saturated carbocycles. The summed E-state index contributed by atoms with van der Waals surface area (Å²) >= 11 is 5.99. The van der Waals surface area contributed by atoms with Gasteiger partial charge in [0.1, 0.15) is 0 Å². The van der Waals surface area contributed by atoms with E-state index in [4.69, 9.17) is 26.8 Å². The molecule has 1 aromatic heterocycles. The lowest BCUT2D eigenvalue weighted by Crippen LogP contribution is -2.12. The molecule has 0 saturated heterocycles. The molecule has 0 radical (unpaired) electrons. The van der Waals surface area contributed by atoms with Crippen LogP contribution in [0.15, 0.2) is 6.07 Å². The molecule has 0 spiro atoms. The highest BCUT2D eigenvalue weighted by Crippen LogP contribution is 2.30. The summed E-state index contributed by atoms with van der Waals surface area (Å²) in [6, 6.07) is 1.96. The first-order valence-corrected chi connectivity index (χ1v) is 5.88. The van der Waals surface area contributed by atoms with E-state index in [1.165, 1.54) is 0 Å². The van der Waals surface area contributed by atoms with Gasteiger partial charge in [0.25, 0.3) is 0 Å². The third-order valence-electron chi connectivity index (χ3n) is 2.65. The Balaban J connectivity index is 0.00000289. The Morgan fingerprint density at radius 2 is 2.06 bits per heavy atom. The van der Waals surface area contributed by atoms with Gasteiger partial charge in [0.05, 0.1) is 12.3 Å². The molecule has 1 aromatic rings. The normalized spacial score (nSPS) is 12.0. The number of rotatable bonds is 6. The zero-order valence-corrected chi connectivity index (χ0v) is 12.0. The molecule has 6 heteroatoms. The maximum atomic E-state index is 5.99. The van der Waals surface area contributed by atoms with E-state index in [0.29, 0.717) is 24.1 Å². The van der Waals surface area contributed by atoms with Gasteiger partial charge in [-0.1, -0.05) is 11.6 Å². The second-order valence-electron chi connectivity index (χ2n) is 3.99. The largest absolute Gasteiger partial charge is 0.396 e. The Kier molecular flexibility index (Phi) is 7.86.